The summed E-state index contributed by atoms with van der Waals surface area (Å²) in [7, 11) is 0. The van der Waals surface area contributed by atoms with Gasteiger partial charge in [0.15, 0.2) is 6.61 Å². The molecule has 4 aromatic rings. The standard InChI is InChI=1S/C23H19N3O4S/c1-15-5-2-3-7-19(15)22-26-25-21(30-22)16-8-10-17(11-9-16)23(28)29-14-20(27)24-13-18-6-4-12-31-18/h2-12H,13-14H2,1H3,(H,24,27). The number of thiophene rings is 1. The number of esters is 1. The van der Waals surface area contributed by atoms with Crippen molar-refractivity contribution in [3.8, 4) is 22.9 Å². The number of rotatable bonds is 7. The molecule has 0 aliphatic carbocycles. The van der Waals surface area contributed by atoms with Crippen LogP contribution in [-0.4, -0.2) is 28.7 Å². The van der Waals surface area contributed by atoms with Crippen LogP contribution < -0.4 is 5.32 Å². The Bertz CT molecular complexity index is 1180. The third kappa shape index (κ3) is 5.04. The van der Waals surface area contributed by atoms with Crippen LogP contribution in [0.5, 0.6) is 0 Å². The first-order valence-corrected chi connectivity index (χ1v) is 10.4. The van der Waals surface area contributed by atoms with Gasteiger partial charge in [0, 0.05) is 16.0 Å². The van der Waals surface area contributed by atoms with Crippen molar-refractivity contribution in [1.29, 1.82) is 0 Å². The highest BCUT2D eigenvalue weighted by Crippen LogP contribution is 2.26. The molecule has 7 nitrogen and oxygen atoms in total. The quantitative estimate of drug-likeness (QED) is 0.438. The Morgan fingerprint density at radius 2 is 1.77 bits per heavy atom. The number of nitrogens with zero attached hydrogens (tertiary/aromatic N) is 2. The Morgan fingerprint density at radius 3 is 2.52 bits per heavy atom. The van der Waals surface area contributed by atoms with Gasteiger partial charge in [0.05, 0.1) is 12.1 Å². The van der Waals surface area contributed by atoms with E-state index in [9.17, 15) is 9.59 Å². The van der Waals surface area contributed by atoms with Crippen molar-refractivity contribution in [2.75, 3.05) is 6.61 Å². The van der Waals surface area contributed by atoms with Crippen LogP contribution in [0.25, 0.3) is 22.9 Å². The van der Waals surface area contributed by atoms with E-state index in [0.717, 1.165) is 16.0 Å². The topological polar surface area (TPSA) is 94.3 Å². The van der Waals surface area contributed by atoms with Crippen LogP contribution in [0.4, 0.5) is 0 Å². The van der Waals surface area contributed by atoms with E-state index in [1.807, 2.05) is 48.7 Å². The van der Waals surface area contributed by atoms with Crippen molar-refractivity contribution in [3.63, 3.8) is 0 Å². The second kappa shape index (κ2) is 9.36. The van der Waals surface area contributed by atoms with Crippen LogP contribution in [0.3, 0.4) is 0 Å². The number of aromatic nitrogens is 2. The van der Waals surface area contributed by atoms with E-state index in [4.69, 9.17) is 9.15 Å². The van der Waals surface area contributed by atoms with Gasteiger partial charge in [-0.15, -0.1) is 21.5 Å². The Labute approximate surface area is 182 Å². The lowest BCUT2D eigenvalue weighted by molar-refractivity contribution is -0.124. The molecule has 0 fully saturated rings. The van der Waals surface area contributed by atoms with E-state index >= 15 is 0 Å². The molecule has 0 unspecified atom stereocenters. The minimum absolute atomic E-state index is 0.327. The first-order chi connectivity index (χ1) is 15.1. The number of nitrogens with one attached hydrogen (secondary N) is 1. The Balaban J connectivity index is 1.34. The summed E-state index contributed by atoms with van der Waals surface area (Å²) in [5.41, 5.74) is 2.92. The van der Waals surface area contributed by atoms with Gasteiger partial charge >= 0.3 is 5.97 Å². The number of hydrogen-bond acceptors (Lipinski definition) is 7. The van der Waals surface area contributed by atoms with Crippen LogP contribution in [0.2, 0.25) is 0 Å². The normalized spacial score (nSPS) is 10.6. The molecule has 0 bridgehead atoms. The lowest BCUT2D eigenvalue weighted by Crippen LogP contribution is -2.28. The number of carbonyl (C=O) groups excluding carboxylic acids is 2. The third-order valence-corrected chi connectivity index (χ3v) is 5.42. The molecule has 0 saturated heterocycles. The molecule has 0 atom stereocenters. The maximum atomic E-state index is 12.2. The van der Waals surface area contributed by atoms with Crippen molar-refractivity contribution < 1.29 is 18.7 Å². The minimum atomic E-state index is -0.580. The second-order valence-corrected chi connectivity index (χ2v) is 7.77. The van der Waals surface area contributed by atoms with E-state index in [-0.39, 0.29) is 12.5 Å². The summed E-state index contributed by atoms with van der Waals surface area (Å²) in [6.07, 6.45) is 0. The monoisotopic (exact) mass is 433 g/mol. The SMILES string of the molecule is Cc1ccccc1-c1nnc(-c2ccc(C(=O)OCC(=O)NCc3cccs3)cc2)o1. The maximum Gasteiger partial charge on any atom is 0.338 e. The van der Waals surface area contributed by atoms with Crippen LogP contribution in [0, 0.1) is 6.92 Å². The zero-order valence-corrected chi connectivity index (χ0v) is 17.5. The van der Waals surface area contributed by atoms with E-state index < -0.39 is 5.97 Å². The maximum absolute atomic E-state index is 12.2. The molecule has 4 rings (SSSR count). The molecule has 0 spiro atoms. The fraction of sp³-hybridized carbons (Fsp3) is 0.130. The Hall–Kier alpha value is -3.78. The van der Waals surface area contributed by atoms with E-state index in [2.05, 4.69) is 15.5 Å². The number of hydrogen-bond donors (Lipinski definition) is 1. The van der Waals surface area contributed by atoms with E-state index in [1.54, 1.807) is 35.6 Å². The molecule has 0 aliphatic rings. The largest absolute Gasteiger partial charge is 0.452 e. The van der Waals surface area contributed by atoms with Gasteiger partial charge in [-0.2, -0.15) is 0 Å². The lowest BCUT2D eigenvalue weighted by Gasteiger charge is -2.06. The molecule has 31 heavy (non-hydrogen) atoms. The molecule has 1 amide bonds. The predicted octanol–water partition coefficient (Wildman–Crippen LogP) is 4.25. The zero-order chi connectivity index (χ0) is 21.6. The van der Waals surface area contributed by atoms with Crippen LogP contribution in [-0.2, 0) is 16.1 Å². The molecule has 2 heterocycles. The average molecular weight is 433 g/mol. The van der Waals surface area contributed by atoms with E-state index in [1.165, 1.54) is 0 Å². The molecular formula is C23H19N3O4S. The van der Waals surface area contributed by atoms with Crippen LogP contribution in [0.15, 0.2) is 70.5 Å². The number of amides is 1. The van der Waals surface area contributed by atoms with Gasteiger partial charge in [-0.25, -0.2) is 4.79 Å². The van der Waals surface area contributed by atoms with Gasteiger partial charge in [0.2, 0.25) is 11.8 Å². The van der Waals surface area contributed by atoms with Gasteiger partial charge in [0.25, 0.3) is 5.91 Å². The third-order valence-electron chi connectivity index (χ3n) is 4.54. The summed E-state index contributed by atoms with van der Waals surface area (Å²) in [5, 5.41) is 12.9. The fourth-order valence-electron chi connectivity index (χ4n) is 2.87. The number of ether oxygens (including phenoxy) is 1. The highest BCUT2D eigenvalue weighted by Gasteiger charge is 2.14. The molecule has 156 valence electrons. The first kappa shape index (κ1) is 20.5. The van der Waals surface area contributed by atoms with Gasteiger partial charge in [-0.3, -0.25) is 4.79 Å². The van der Waals surface area contributed by atoms with Crippen molar-refractivity contribution in [3.05, 3.63) is 82.0 Å². The number of aryl methyl sites for hydroxylation is 1. The summed E-state index contributed by atoms with van der Waals surface area (Å²) in [5.74, 6) is -0.145. The smallest absolute Gasteiger partial charge is 0.338 e. The molecule has 0 radical (unpaired) electrons. The van der Waals surface area contributed by atoms with Gasteiger partial charge in [-0.05, 0) is 54.3 Å². The molecular weight excluding hydrogens is 414 g/mol. The van der Waals surface area contributed by atoms with Crippen molar-refractivity contribution in [2.24, 2.45) is 0 Å². The lowest BCUT2D eigenvalue weighted by atomic mass is 10.1. The summed E-state index contributed by atoms with van der Waals surface area (Å²) < 4.78 is 10.9. The van der Waals surface area contributed by atoms with Gasteiger partial charge in [-0.1, -0.05) is 24.3 Å². The summed E-state index contributed by atoms with van der Waals surface area (Å²) in [6, 6.07) is 18.2. The Kier molecular flexibility index (Phi) is 6.18. The number of carbonyl (C=O) groups is 2. The highest BCUT2D eigenvalue weighted by molar-refractivity contribution is 7.09. The van der Waals surface area contributed by atoms with Crippen LogP contribution in [0.1, 0.15) is 20.8 Å². The van der Waals surface area contributed by atoms with Crippen LogP contribution >= 0.6 is 11.3 Å². The summed E-state index contributed by atoms with van der Waals surface area (Å²) >= 11 is 1.55. The fourth-order valence-corrected chi connectivity index (χ4v) is 3.52. The molecule has 0 saturated carbocycles. The summed E-state index contributed by atoms with van der Waals surface area (Å²) in [4.78, 5) is 25.1. The molecule has 2 aromatic carbocycles. The van der Waals surface area contributed by atoms with E-state index in [0.29, 0.717) is 29.5 Å². The van der Waals surface area contributed by atoms with Crippen molar-refractivity contribution in [2.45, 2.75) is 13.5 Å². The highest BCUT2D eigenvalue weighted by atomic mass is 32.1. The molecule has 2 aromatic heterocycles. The minimum Gasteiger partial charge on any atom is -0.452 e. The molecule has 0 aliphatic heterocycles. The van der Waals surface area contributed by atoms with Gasteiger partial charge in [0.1, 0.15) is 0 Å². The van der Waals surface area contributed by atoms with Crippen molar-refractivity contribution >= 4 is 23.2 Å². The second-order valence-electron chi connectivity index (χ2n) is 6.74. The van der Waals surface area contributed by atoms with Crippen molar-refractivity contribution in [1.82, 2.24) is 15.5 Å². The predicted molar refractivity (Wildman–Crippen MR) is 116 cm³/mol. The molecule has 1 N–H and O–H groups in total. The number of benzene rings is 2. The first-order valence-electron chi connectivity index (χ1n) is 9.56. The zero-order valence-electron chi connectivity index (χ0n) is 16.7. The average Bonchev–Trinajstić information content (AvgIpc) is 3.49. The summed E-state index contributed by atoms with van der Waals surface area (Å²) in [6.45, 7) is 2.05. The Morgan fingerprint density at radius 1 is 1.00 bits per heavy atom. The molecule has 8 heteroatoms. The van der Waals surface area contributed by atoms with Gasteiger partial charge < -0.3 is 14.5 Å².